The first-order valence-electron chi connectivity index (χ1n) is 12.2. The quantitative estimate of drug-likeness (QED) is 0.552. The average Bonchev–Trinajstić information content (AvgIpc) is 2.88. The fraction of sp³-hybridized carbons (Fsp3) is 0.393. The molecular formula is C28H36N4O3. The lowest BCUT2D eigenvalue weighted by atomic mass is 9.88. The molecule has 0 aromatic heterocycles. The van der Waals surface area contributed by atoms with Crippen LogP contribution in [-0.2, 0) is 14.4 Å². The second-order valence-electron chi connectivity index (χ2n) is 9.25. The molecule has 7 heteroatoms. The molecule has 0 bridgehead atoms. The van der Waals surface area contributed by atoms with Gasteiger partial charge in [-0.1, -0.05) is 74.5 Å². The molecule has 1 aliphatic rings. The lowest BCUT2D eigenvalue weighted by Crippen LogP contribution is -2.55. The van der Waals surface area contributed by atoms with Crippen LogP contribution in [0.25, 0.3) is 0 Å². The van der Waals surface area contributed by atoms with Crippen LogP contribution in [0.1, 0.15) is 44.2 Å². The van der Waals surface area contributed by atoms with Gasteiger partial charge in [0.1, 0.15) is 12.6 Å². The van der Waals surface area contributed by atoms with Crippen molar-refractivity contribution in [3.63, 3.8) is 0 Å². The molecule has 0 fully saturated rings. The fourth-order valence-electron chi connectivity index (χ4n) is 4.15. The number of rotatable bonds is 10. The lowest BCUT2D eigenvalue weighted by Gasteiger charge is -2.33. The molecule has 3 amide bonds. The van der Waals surface area contributed by atoms with Gasteiger partial charge in [-0.2, -0.15) is 0 Å². The number of likely N-dealkylation sites (N-methyl/N-ethyl adjacent to an activating group) is 1. The molecule has 2 aromatic rings. The van der Waals surface area contributed by atoms with Gasteiger partial charge in [-0.05, 0) is 37.4 Å². The van der Waals surface area contributed by atoms with Crippen molar-refractivity contribution in [3.05, 3.63) is 84.2 Å². The lowest BCUT2D eigenvalue weighted by molar-refractivity contribution is -0.141. The zero-order valence-electron chi connectivity index (χ0n) is 21.0. The summed E-state index contributed by atoms with van der Waals surface area (Å²) in [6.45, 7) is 5.98. The Kier molecular flexibility index (Phi) is 9.20. The zero-order chi connectivity index (χ0) is 25.4. The van der Waals surface area contributed by atoms with E-state index >= 15 is 0 Å². The summed E-state index contributed by atoms with van der Waals surface area (Å²) < 4.78 is 0. The van der Waals surface area contributed by atoms with Crippen molar-refractivity contribution < 1.29 is 14.4 Å². The standard InChI is InChI=1S/C28H36N4O3/c1-20(2)26(30-27(34)21(3)29-4)28(35)32-18-17-31(25(33)19-32)16-15-24(22-11-7-5-8-12-22)23-13-9-6-10-14-23/h5-14,17-18,20-21,24,26,29H,15-16,19H2,1-4H3,(H,30,34)/t21-,26-/m0/s1. The van der Waals surface area contributed by atoms with Crippen LogP contribution in [0.4, 0.5) is 0 Å². The monoisotopic (exact) mass is 476 g/mol. The molecule has 0 aliphatic carbocycles. The van der Waals surface area contributed by atoms with E-state index in [-0.39, 0.29) is 36.1 Å². The highest BCUT2D eigenvalue weighted by atomic mass is 16.2. The van der Waals surface area contributed by atoms with Crippen LogP contribution >= 0.6 is 0 Å². The summed E-state index contributed by atoms with van der Waals surface area (Å²) in [5.74, 6) is -0.630. The fourth-order valence-corrected chi connectivity index (χ4v) is 4.15. The maximum Gasteiger partial charge on any atom is 0.249 e. The van der Waals surface area contributed by atoms with Crippen LogP contribution in [0.15, 0.2) is 73.1 Å². The van der Waals surface area contributed by atoms with E-state index in [9.17, 15) is 14.4 Å². The molecular weight excluding hydrogens is 440 g/mol. The second-order valence-corrected chi connectivity index (χ2v) is 9.25. The van der Waals surface area contributed by atoms with E-state index in [2.05, 4.69) is 34.9 Å². The van der Waals surface area contributed by atoms with Crippen LogP contribution in [-0.4, -0.2) is 59.7 Å². The largest absolute Gasteiger partial charge is 0.343 e. The Bertz CT molecular complexity index is 984. The van der Waals surface area contributed by atoms with Gasteiger partial charge in [0.15, 0.2) is 0 Å². The number of carbonyl (C=O) groups is 3. The topological polar surface area (TPSA) is 81.8 Å². The zero-order valence-corrected chi connectivity index (χ0v) is 21.0. The molecule has 1 aliphatic heterocycles. The van der Waals surface area contributed by atoms with Crippen molar-refractivity contribution in [3.8, 4) is 0 Å². The summed E-state index contributed by atoms with van der Waals surface area (Å²) in [6.07, 6.45) is 4.07. The van der Waals surface area contributed by atoms with Crippen molar-refractivity contribution in [2.45, 2.75) is 45.2 Å². The van der Waals surface area contributed by atoms with Crippen LogP contribution < -0.4 is 10.6 Å². The third-order valence-electron chi connectivity index (χ3n) is 6.45. The summed E-state index contributed by atoms with van der Waals surface area (Å²) in [5.41, 5.74) is 2.41. The Morgan fingerprint density at radius 1 is 0.914 bits per heavy atom. The molecule has 2 aromatic carbocycles. The van der Waals surface area contributed by atoms with Gasteiger partial charge in [-0.25, -0.2) is 0 Å². The van der Waals surface area contributed by atoms with Crippen molar-refractivity contribution >= 4 is 17.7 Å². The van der Waals surface area contributed by atoms with E-state index in [0.29, 0.717) is 6.54 Å². The number of carbonyl (C=O) groups excluding carboxylic acids is 3. The number of amides is 3. The smallest absolute Gasteiger partial charge is 0.249 e. The first-order chi connectivity index (χ1) is 16.8. The van der Waals surface area contributed by atoms with Crippen molar-refractivity contribution in [2.75, 3.05) is 20.1 Å². The molecule has 0 unspecified atom stereocenters. The highest BCUT2D eigenvalue weighted by molar-refractivity contribution is 5.93. The predicted octanol–water partition coefficient (Wildman–Crippen LogP) is 3.10. The number of benzene rings is 2. The first-order valence-corrected chi connectivity index (χ1v) is 12.2. The van der Waals surface area contributed by atoms with Gasteiger partial charge >= 0.3 is 0 Å². The van der Waals surface area contributed by atoms with Gasteiger partial charge in [0.05, 0.1) is 6.04 Å². The molecule has 3 rings (SSSR count). The highest BCUT2D eigenvalue weighted by Crippen LogP contribution is 2.28. The molecule has 35 heavy (non-hydrogen) atoms. The maximum atomic E-state index is 13.1. The van der Waals surface area contributed by atoms with E-state index in [1.165, 1.54) is 16.0 Å². The molecule has 0 saturated heterocycles. The summed E-state index contributed by atoms with van der Waals surface area (Å²) in [6, 6.07) is 19.4. The SMILES string of the molecule is CN[C@@H](C)C(=O)N[C@H](C(=O)N1C=CN(CCC(c2ccccc2)c2ccccc2)C(=O)C1)C(C)C. The van der Waals surface area contributed by atoms with Crippen LogP contribution in [0.3, 0.4) is 0 Å². The average molecular weight is 477 g/mol. The van der Waals surface area contributed by atoms with Gasteiger partial charge in [0.2, 0.25) is 17.7 Å². The molecule has 186 valence electrons. The first kappa shape index (κ1) is 26.2. The molecule has 0 radical (unpaired) electrons. The van der Waals surface area contributed by atoms with E-state index in [0.717, 1.165) is 6.42 Å². The summed E-state index contributed by atoms with van der Waals surface area (Å²) in [5, 5.41) is 5.69. The van der Waals surface area contributed by atoms with Gasteiger partial charge in [-0.3, -0.25) is 14.4 Å². The number of hydrogen-bond donors (Lipinski definition) is 2. The molecule has 2 N–H and O–H groups in total. The van der Waals surface area contributed by atoms with E-state index in [4.69, 9.17) is 0 Å². The third kappa shape index (κ3) is 6.79. The maximum absolute atomic E-state index is 13.1. The van der Waals surface area contributed by atoms with E-state index in [1.54, 1.807) is 31.3 Å². The molecule has 0 saturated carbocycles. The van der Waals surface area contributed by atoms with Crippen molar-refractivity contribution in [1.82, 2.24) is 20.4 Å². The Labute approximate surface area is 208 Å². The van der Waals surface area contributed by atoms with E-state index in [1.807, 2.05) is 50.2 Å². The van der Waals surface area contributed by atoms with Crippen LogP contribution in [0.2, 0.25) is 0 Å². The normalized spacial score (nSPS) is 15.4. The van der Waals surface area contributed by atoms with E-state index < -0.39 is 12.1 Å². The summed E-state index contributed by atoms with van der Waals surface area (Å²) in [7, 11) is 1.69. The molecule has 7 nitrogen and oxygen atoms in total. The Morgan fingerprint density at radius 3 is 1.97 bits per heavy atom. The minimum Gasteiger partial charge on any atom is -0.343 e. The second kappa shape index (κ2) is 12.3. The minimum absolute atomic E-state index is 0.0443. The Balaban J connectivity index is 1.68. The van der Waals surface area contributed by atoms with Crippen LogP contribution in [0, 0.1) is 5.92 Å². The summed E-state index contributed by atoms with van der Waals surface area (Å²) in [4.78, 5) is 41.5. The highest BCUT2D eigenvalue weighted by Gasteiger charge is 2.32. The van der Waals surface area contributed by atoms with Gasteiger partial charge in [0.25, 0.3) is 0 Å². The third-order valence-corrected chi connectivity index (χ3v) is 6.45. The molecule has 2 atom stereocenters. The number of nitrogens with zero attached hydrogens (tertiary/aromatic N) is 2. The number of hydrogen-bond acceptors (Lipinski definition) is 4. The Morgan fingerprint density at radius 2 is 1.49 bits per heavy atom. The minimum atomic E-state index is -0.706. The molecule has 0 spiro atoms. The summed E-state index contributed by atoms with van der Waals surface area (Å²) >= 11 is 0. The van der Waals surface area contributed by atoms with Gasteiger partial charge < -0.3 is 20.4 Å². The predicted molar refractivity (Wildman–Crippen MR) is 137 cm³/mol. The van der Waals surface area contributed by atoms with Crippen molar-refractivity contribution in [1.29, 1.82) is 0 Å². The number of nitrogens with one attached hydrogen (secondary N) is 2. The van der Waals surface area contributed by atoms with Gasteiger partial charge in [-0.15, -0.1) is 0 Å². The Hall–Kier alpha value is -3.45. The molecule has 1 heterocycles. The van der Waals surface area contributed by atoms with Crippen LogP contribution in [0.5, 0.6) is 0 Å². The van der Waals surface area contributed by atoms with Gasteiger partial charge in [0, 0.05) is 24.9 Å². The van der Waals surface area contributed by atoms with Crippen molar-refractivity contribution in [2.24, 2.45) is 5.92 Å².